The van der Waals surface area contributed by atoms with Crippen LogP contribution in [0.2, 0.25) is 0 Å². The van der Waals surface area contributed by atoms with Gasteiger partial charge in [0.05, 0.1) is 5.75 Å². The van der Waals surface area contributed by atoms with E-state index in [0.717, 1.165) is 25.3 Å². The second-order valence-corrected chi connectivity index (χ2v) is 8.19. The van der Waals surface area contributed by atoms with Crippen LogP contribution in [-0.4, -0.2) is 71.5 Å². The van der Waals surface area contributed by atoms with Gasteiger partial charge in [0.15, 0.2) is 0 Å². The molecule has 0 aromatic rings. The molecule has 0 unspecified atom stereocenters. The van der Waals surface area contributed by atoms with Crippen LogP contribution in [-0.2, 0) is 24.1 Å². The first kappa shape index (κ1) is 29.0. The first-order valence-corrected chi connectivity index (χ1v) is 11.3. The van der Waals surface area contributed by atoms with Gasteiger partial charge in [0.2, 0.25) is 0 Å². The molecule has 0 aromatic carbocycles. The monoisotopic (exact) mass is 416 g/mol. The molecule has 150 valence electrons. The van der Waals surface area contributed by atoms with Crippen molar-refractivity contribution in [3.63, 3.8) is 0 Å². The first-order chi connectivity index (χ1) is 12.0. The van der Waals surface area contributed by atoms with Crippen molar-refractivity contribution in [2.24, 2.45) is 0 Å². The van der Waals surface area contributed by atoms with Crippen LogP contribution in [0.3, 0.4) is 0 Å². The Hall–Kier alpha value is 0.756. The summed E-state index contributed by atoms with van der Waals surface area (Å²) in [7, 11) is -3.79. The maximum absolute atomic E-state index is 11.4. The summed E-state index contributed by atoms with van der Waals surface area (Å²) in [5, 5.41) is 0. The Bertz CT molecular complexity index is 437. The zero-order valence-corrected chi connectivity index (χ0v) is 16.7. The Morgan fingerprint density at radius 3 is 1.58 bits per heavy atom. The van der Waals surface area contributed by atoms with Gasteiger partial charge in [-0.3, -0.25) is 4.89 Å². The number of carbonyl (C=O) groups is 1. The quantitative estimate of drug-likeness (QED) is 0.105. The van der Waals surface area contributed by atoms with Gasteiger partial charge >= 0.3 is 67.5 Å². The molecule has 0 saturated carbocycles. The van der Waals surface area contributed by atoms with E-state index >= 15 is 0 Å². The zero-order valence-electron chi connectivity index (χ0n) is 15.8. The van der Waals surface area contributed by atoms with Gasteiger partial charge in [-0.15, -0.1) is 0 Å². The van der Waals surface area contributed by atoms with Crippen LogP contribution in [0.15, 0.2) is 12.7 Å². The van der Waals surface area contributed by atoms with Gasteiger partial charge in [-0.1, -0.05) is 101 Å². The summed E-state index contributed by atoms with van der Waals surface area (Å²) in [6.45, 7) is 5.40. The average Bonchev–Trinajstić information content (AvgIpc) is 2.60. The molecule has 0 amide bonds. The van der Waals surface area contributed by atoms with E-state index in [4.69, 9.17) is 0 Å². The summed E-state index contributed by atoms with van der Waals surface area (Å²) in [6, 6.07) is 0. The fraction of sp³-hybridized carbons (Fsp3) is 0.842. The normalized spacial score (nSPS) is 11.0. The molecular weight excluding hydrogens is 379 g/mol. The van der Waals surface area contributed by atoms with Crippen molar-refractivity contribution in [3.05, 3.63) is 12.7 Å². The maximum atomic E-state index is 11.4. The van der Waals surface area contributed by atoms with Crippen molar-refractivity contribution in [1.29, 1.82) is 0 Å². The second-order valence-electron chi connectivity index (χ2n) is 6.53. The van der Waals surface area contributed by atoms with E-state index in [1.807, 2.05) is 0 Å². The fourth-order valence-electron chi connectivity index (χ4n) is 2.63. The van der Waals surface area contributed by atoms with E-state index in [1.54, 1.807) is 0 Å². The fourth-order valence-corrected chi connectivity index (χ4v) is 3.42. The third-order valence-electron chi connectivity index (χ3n) is 4.13. The predicted molar refractivity (Wildman–Crippen MR) is 109 cm³/mol. The van der Waals surface area contributed by atoms with Gasteiger partial charge in [0.1, 0.15) is 0 Å². The Kier molecular flexibility index (Phi) is 22.8. The van der Waals surface area contributed by atoms with Gasteiger partial charge in [-0.25, -0.2) is 4.79 Å². The van der Waals surface area contributed by atoms with Gasteiger partial charge in [0.25, 0.3) is 0 Å². The molecule has 0 heterocycles. The molecule has 0 aliphatic rings. The number of unbranched alkanes of at least 4 members (excludes halogenated alkanes) is 13. The molecule has 0 aliphatic heterocycles. The molecular formula is C19H37KO5S. The molecule has 0 aromatic heterocycles. The summed E-state index contributed by atoms with van der Waals surface area (Å²) >= 11 is 0. The van der Waals surface area contributed by atoms with Crippen LogP contribution in [0, 0.1) is 0 Å². The molecule has 0 radical (unpaired) electrons. The summed E-state index contributed by atoms with van der Waals surface area (Å²) < 4.78 is 27.0. The van der Waals surface area contributed by atoms with E-state index in [1.165, 1.54) is 64.2 Å². The van der Waals surface area contributed by atoms with Crippen LogP contribution < -0.4 is 0 Å². The van der Waals surface area contributed by atoms with Crippen LogP contribution in [0.5, 0.6) is 0 Å². The molecule has 0 aliphatic carbocycles. The van der Waals surface area contributed by atoms with Crippen molar-refractivity contribution >= 4 is 67.5 Å². The minimum absolute atomic E-state index is 0. The molecule has 7 heteroatoms. The SMILES string of the molecule is C=CC(=O)OOS(=O)(=O)CCCCCCCCCCCCCCCC.[KH]. The molecule has 0 rings (SSSR count). The number of hydrogen-bond donors (Lipinski definition) is 0. The number of hydrogen-bond acceptors (Lipinski definition) is 5. The molecule has 0 atom stereocenters. The molecule has 0 fully saturated rings. The Balaban J connectivity index is 0. The van der Waals surface area contributed by atoms with Crippen LogP contribution in [0.25, 0.3) is 0 Å². The number of rotatable bonds is 18. The van der Waals surface area contributed by atoms with E-state index in [-0.39, 0.29) is 57.1 Å². The molecule has 0 saturated heterocycles. The molecule has 26 heavy (non-hydrogen) atoms. The minimum atomic E-state index is -3.79. The topological polar surface area (TPSA) is 69.7 Å². The van der Waals surface area contributed by atoms with E-state index in [0.29, 0.717) is 6.42 Å². The van der Waals surface area contributed by atoms with Gasteiger partial charge < -0.3 is 0 Å². The summed E-state index contributed by atoms with van der Waals surface area (Å²) in [4.78, 5) is 14.8. The van der Waals surface area contributed by atoms with Gasteiger partial charge in [-0.2, -0.15) is 8.42 Å². The third-order valence-corrected chi connectivity index (χ3v) is 5.20. The molecule has 0 bridgehead atoms. The van der Waals surface area contributed by atoms with E-state index in [2.05, 4.69) is 22.7 Å². The Morgan fingerprint density at radius 1 is 0.808 bits per heavy atom. The van der Waals surface area contributed by atoms with Gasteiger partial charge in [0, 0.05) is 6.08 Å². The van der Waals surface area contributed by atoms with E-state index < -0.39 is 16.1 Å². The standard InChI is InChI=1S/C19H36O5S.K.H/c1-3-5-6-7-8-9-10-11-12-13-14-15-16-17-18-25(21,22)24-23-19(20)4-2;;/h4H,2-3,5-18H2,1H3;;. The Morgan fingerprint density at radius 2 is 1.19 bits per heavy atom. The van der Waals surface area contributed by atoms with Crippen molar-refractivity contribution < 1.29 is 22.4 Å². The van der Waals surface area contributed by atoms with Crippen LogP contribution in [0.1, 0.15) is 96.8 Å². The third kappa shape index (κ3) is 21.1. The van der Waals surface area contributed by atoms with Gasteiger partial charge in [-0.05, 0) is 6.42 Å². The molecule has 0 spiro atoms. The van der Waals surface area contributed by atoms with Crippen LogP contribution >= 0.6 is 0 Å². The average molecular weight is 417 g/mol. The van der Waals surface area contributed by atoms with Crippen LogP contribution in [0.4, 0.5) is 0 Å². The molecule has 5 nitrogen and oxygen atoms in total. The predicted octanol–water partition coefficient (Wildman–Crippen LogP) is 4.81. The zero-order chi connectivity index (χ0) is 18.8. The first-order valence-electron chi connectivity index (χ1n) is 9.77. The van der Waals surface area contributed by atoms with Crippen molar-refractivity contribution in [2.45, 2.75) is 96.8 Å². The summed E-state index contributed by atoms with van der Waals surface area (Å²) in [5.41, 5.74) is 0. The summed E-state index contributed by atoms with van der Waals surface area (Å²) in [6.07, 6.45) is 17.7. The van der Waals surface area contributed by atoms with E-state index in [9.17, 15) is 13.2 Å². The number of carbonyl (C=O) groups excluding carboxylic acids is 1. The molecule has 0 N–H and O–H groups in total. The summed E-state index contributed by atoms with van der Waals surface area (Å²) in [5.74, 6) is -1.04. The van der Waals surface area contributed by atoms with Crippen molar-refractivity contribution in [2.75, 3.05) is 5.75 Å². The van der Waals surface area contributed by atoms with Crippen molar-refractivity contribution in [1.82, 2.24) is 0 Å². The Labute approximate surface area is 203 Å². The van der Waals surface area contributed by atoms with Crippen molar-refractivity contribution in [3.8, 4) is 0 Å². The second kappa shape index (κ2) is 20.5.